The molecule has 39 heavy (non-hydrogen) atoms. The van der Waals surface area contributed by atoms with Gasteiger partial charge in [0, 0.05) is 31.5 Å². The summed E-state index contributed by atoms with van der Waals surface area (Å²) < 4.78 is 13.3. The van der Waals surface area contributed by atoms with Crippen molar-refractivity contribution in [1.29, 1.82) is 0 Å². The topological polar surface area (TPSA) is 42.9 Å². The second-order valence-corrected chi connectivity index (χ2v) is 16.3. The number of aliphatic imine (C=N–C) groups is 1. The first kappa shape index (κ1) is 36.0. The molecular weight excluding hydrogens is 496 g/mol. The highest BCUT2D eigenvalue weighted by Gasteiger charge is 2.44. The van der Waals surface area contributed by atoms with E-state index in [0.717, 1.165) is 39.1 Å². The molecule has 1 aromatic rings. The molecule has 1 aromatic carbocycles. The number of nitrogens with one attached hydrogen (secondary N) is 1. The molecule has 0 fully saturated rings. The Morgan fingerprint density at radius 3 is 1.85 bits per heavy atom. The SMILES string of the molecule is CCCCCCCCO[Si](OCCCCCCNC(Cc1ccccc1)C(C)=NCCCC)(C(C)C)C(C)C. The van der Waals surface area contributed by atoms with Crippen molar-refractivity contribution >= 4 is 14.3 Å². The molecule has 0 saturated carbocycles. The lowest BCUT2D eigenvalue weighted by Crippen LogP contribution is -2.48. The minimum absolute atomic E-state index is 0.320. The zero-order chi connectivity index (χ0) is 28.8. The van der Waals surface area contributed by atoms with Gasteiger partial charge < -0.3 is 14.2 Å². The van der Waals surface area contributed by atoms with Crippen molar-refractivity contribution in [3.8, 4) is 0 Å². The van der Waals surface area contributed by atoms with Gasteiger partial charge in [-0.15, -0.1) is 0 Å². The van der Waals surface area contributed by atoms with E-state index in [1.54, 1.807) is 0 Å². The van der Waals surface area contributed by atoms with Crippen LogP contribution in [0, 0.1) is 0 Å². The Balaban J connectivity index is 2.40. The Bertz CT molecular complexity index is 715. The fourth-order valence-corrected chi connectivity index (χ4v) is 9.00. The van der Waals surface area contributed by atoms with Crippen molar-refractivity contribution in [2.24, 2.45) is 4.99 Å². The largest absolute Gasteiger partial charge is 0.394 e. The van der Waals surface area contributed by atoms with Gasteiger partial charge in [0.2, 0.25) is 0 Å². The number of rotatable bonds is 25. The molecule has 0 spiro atoms. The van der Waals surface area contributed by atoms with E-state index in [-0.39, 0.29) is 0 Å². The molecule has 0 aliphatic carbocycles. The third kappa shape index (κ3) is 15.5. The first-order valence-electron chi connectivity index (χ1n) is 16.4. The Kier molecular flexibility index (Phi) is 20.9. The Morgan fingerprint density at radius 1 is 0.744 bits per heavy atom. The van der Waals surface area contributed by atoms with Gasteiger partial charge >= 0.3 is 8.56 Å². The lowest BCUT2D eigenvalue weighted by atomic mass is 10.0. The van der Waals surface area contributed by atoms with Crippen LogP contribution in [0.1, 0.15) is 131 Å². The Morgan fingerprint density at radius 2 is 1.28 bits per heavy atom. The van der Waals surface area contributed by atoms with Crippen molar-refractivity contribution in [1.82, 2.24) is 5.32 Å². The standard InChI is InChI=1S/C34H64N2O2Si/c1-8-10-12-13-15-21-27-37-39(30(3)4,31(5)6)38-28-22-16-14-20-26-36-34(32(7)35-25-11-9-2)29-33-23-18-17-19-24-33/h17-19,23-24,30-31,34,36H,8-16,20-22,25-29H2,1-7H3. The monoisotopic (exact) mass is 560 g/mol. The summed E-state index contributed by atoms with van der Waals surface area (Å²) in [7, 11) is -2.21. The van der Waals surface area contributed by atoms with Gasteiger partial charge in [0.15, 0.2) is 0 Å². The van der Waals surface area contributed by atoms with Crippen LogP contribution in [0.4, 0.5) is 0 Å². The highest BCUT2D eigenvalue weighted by atomic mass is 28.4. The zero-order valence-corrected chi connectivity index (χ0v) is 27.9. The molecule has 0 bridgehead atoms. The van der Waals surface area contributed by atoms with Crippen LogP contribution in [-0.2, 0) is 15.3 Å². The minimum Gasteiger partial charge on any atom is -0.394 e. The van der Waals surface area contributed by atoms with Gasteiger partial charge in [-0.3, -0.25) is 4.99 Å². The van der Waals surface area contributed by atoms with Crippen LogP contribution in [0.3, 0.4) is 0 Å². The van der Waals surface area contributed by atoms with Crippen molar-refractivity contribution in [3.63, 3.8) is 0 Å². The maximum Gasteiger partial charge on any atom is 0.343 e. The van der Waals surface area contributed by atoms with E-state index >= 15 is 0 Å². The van der Waals surface area contributed by atoms with Crippen LogP contribution in [0.5, 0.6) is 0 Å². The Labute approximate surface area is 244 Å². The summed E-state index contributed by atoms with van der Waals surface area (Å²) in [4.78, 5) is 4.87. The third-order valence-electron chi connectivity index (χ3n) is 7.88. The molecule has 0 heterocycles. The molecule has 1 rings (SSSR count). The van der Waals surface area contributed by atoms with Gasteiger partial charge in [0.05, 0.1) is 0 Å². The average Bonchev–Trinajstić information content (AvgIpc) is 2.92. The van der Waals surface area contributed by atoms with E-state index in [1.807, 2.05) is 0 Å². The molecule has 1 atom stereocenters. The average molecular weight is 561 g/mol. The normalized spacial score (nSPS) is 13.5. The van der Waals surface area contributed by atoms with Gasteiger partial charge in [-0.05, 0) is 62.2 Å². The van der Waals surface area contributed by atoms with Gasteiger partial charge in [0.1, 0.15) is 0 Å². The number of hydrogen-bond acceptors (Lipinski definition) is 4. The molecular formula is C34H64N2O2Si. The predicted molar refractivity (Wildman–Crippen MR) is 175 cm³/mol. The van der Waals surface area contributed by atoms with E-state index in [4.69, 9.17) is 13.8 Å². The van der Waals surface area contributed by atoms with E-state index < -0.39 is 8.56 Å². The lowest BCUT2D eigenvalue weighted by Gasteiger charge is -2.37. The lowest BCUT2D eigenvalue weighted by molar-refractivity contribution is 0.147. The molecule has 0 aliphatic rings. The highest BCUT2D eigenvalue weighted by molar-refractivity contribution is 6.70. The van der Waals surface area contributed by atoms with Gasteiger partial charge in [-0.25, -0.2) is 0 Å². The van der Waals surface area contributed by atoms with Gasteiger partial charge in [0.25, 0.3) is 0 Å². The van der Waals surface area contributed by atoms with Crippen LogP contribution in [0.2, 0.25) is 11.1 Å². The first-order chi connectivity index (χ1) is 18.9. The van der Waals surface area contributed by atoms with E-state index in [0.29, 0.717) is 17.1 Å². The molecule has 0 saturated heterocycles. The number of hydrogen-bond donors (Lipinski definition) is 1. The van der Waals surface area contributed by atoms with Crippen LogP contribution < -0.4 is 5.32 Å². The molecule has 0 radical (unpaired) electrons. The van der Waals surface area contributed by atoms with Gasteiger partial charge in [-0.2, -0.15) is 0 Å². The third-order valence-corrected chi connectivity index (χ3v) is 12.4. The fraction of sp³-hybridized carbons (Fsp3) is 0.794. The number of nitrogens with zero attached hydrogens (tertiary/aromatic N) is 1. The fourth-order valence-electron chi connectivity index (χ4n) is 5.32. The molecule has 0 aliphatic heterocycles. The molecule has 1 unspecified atom stereocenters. The molecule has 0 amide bonds. The quantitative estimate of drug-likeness (QED) is 0.0735. The number of unbranched alkanes of at least 4 members (excludes halogenated alkanes) is 9. The Hall–Kier alpha value is -1.01. The summed E-state index contributed by atoms with van der Waals surface area (Å²) in [5.41, 5.74) is 3.57. The summed E-state index contributed by atoms with van der Waals surface area (Å²) in [6.07, 6.45) is 15.9. The minimum atomic E-state index is -2.21. The zero-order valence-electron chi connectivity index (χ0n) is 26.9. The van der Waals surface area contributed by atoms with Crippen LogP contribution in [0.15, 0.2) is 35.3 Å². The first-order valence-corrected chi connectivity index (χ1v) is 18.4. The number of benzene rings is 1. The summed E-state index contributed by atoms with van der Waals surface area (Å²) in [5.74, 6) is 0. The second kappa shape index (κ2) is 22.7. The van der Waals surface area contributed by atoms with E-state index in [1.165, 1.54) is 81.9 Å². The van der Waals surface area contributed by atoms with E-state index in [9.17, 15) is 0 Å². The predicted octanol–water partition coefficient (Wildman–Crippen LogP) is 9.66. The van der Waals surface area contributed by atoms with Crippen molar-refractivity contribution < 1.29 is 8.85 Å². The smallest absolute Gasteiger partial charge is 0.343 e. The van der Waals surface area contributed by atoms with E-state index in [2.05, 4.69) is 84.1 Å². The summed E-state index contributed by atoms with van der Waals surface area (Å²) in [6.45, 7) is 19.6. The molecule has 4 nitrogen and oxygen atoms in total. The maximum absolute atomic E-state index is 6.67. The van der Waals surface area contributed by atoms with Crippen LogP contribution in [0.25, 0.3) is 0 Å². The molecule has 1 N–H and O–H groups in total. The molecule has 5 heteroatoms. The second-order valence-electron chi connectivity index (χ2n) is 12.0. The van der Waals surface area contributed by atoms with Crippen LogP contribution >= 0.6 is 0 Å². The summed E-state index contributed by atoms with van der Waals surface area (Å²) in [6, 6.07) is 11.1. The van der Waals surface area contributed by atoms with Crippen molar-refractivity contribution in [2.75, 3.05) is 26.3 Å². The van der Waals surface area contributed by atoms with Crippen LogP contribution in [-0.4, -0.2) is 46.6 Å². The summed E-state index contributed by atoms with van der Waals surface area (Å²) >= 11 is 0. The van der Waals surface area contributed by atoms with Crippen molar-refractivity contribution in [3.05, 3.63) is 35.9 Å². The van der Waals surface area contributed by atoms with Crippen molar-refractivity contribution in [2.45, 2.75) is 149 Å². The molecule has 226 valence electrons. The van der Waals surface area contributed by atoms with Gasteiger partial charge in [-0.1, -0.05) is 123 Å². The molecule has 0 aromatic heterocycles. The maximum atomic E-state index is 6.67. The summed E-state index contributed by atoms with van der Waals surface area (Å²) in [5, 5.41) is 3.81. The highest BCUT2D eigenvalue weighted by Crippen LogP contribution is 2.35.